The number of imide groups is 1. The Kier molecular flexibility index (Phi) is 6.50. The Labute approximate surface area is 189 Å². The molecule has 2 bridgehead atoms. The second-order valence-electron chi connectivity index (χ2n) is 8.96. The van der Waals surface area contributed by atoms with Crippen LogP contribution in [0.3, 0.4) is 0 Å². The lowest BCUT2D eigenvalue weighted by Crippen LogP contribution is -2.45. The summed E-state index contributed by atoms with van der Waals surface area (Å²) >= 11 is 0. The molecule has 4 rings (SSSR count). The van der Waals surface area contributed by atoms with Crippen LogP contribution < -0.4 is 15.4 Å². The Balaban J connectivity index is 1.28. The van der Waals surface area contributed by atoms with E-state index in [4.69, 9.17) is 4.74 Å². The molecule has 2 fully saturated rings. The second-order valence-corrected chi connectivity index (χ2v) is 8.96. The van der Waals surface area contributed by atoms with E-state index in [1.807, 2.05) is 26.2 Å². The van der Waals surface area contributed by atoms with Gasteiger partial charge in [0.2, 0.25) is 11.8 Å². The Morgan fingerprint density at radius 2 is 1.75 bits per heavy atom. The van der Waals surface area contributed by atoms with E-state index in [0.29, 0.717) is 25.6 Å². The number of methoxy groups -OCH3 is 1. The number of nitrogens with zero attached hydrogens (tertiary/aromatic N) is 3. The van der Waals surface area contributed by atoms with E-state index in [2.05, 4.69) is 44.8 Å². The molecular weight excluding hydrogens is 406 g/mol. The summed E-state index contributed by atoms with van der Waals surface area (Å²) in [5.74, 6) is 1.68. The van der Waals surface area contributed by atoms with Crippen LogP contribution in [0.4, 0.5) is 0 Å². The van der Waals surface area contributed by atoms with Crippen LogP contribution in [-0.4, -0.2) is 75.5 Å². The number of guanidine groups is 1. The zero-order valence-corrected chi connectivity index (χ0v) is 19.2. The number of fused-ring (bicyclic) bond motifs is 5. The van der Waals surface area contributed by atoms with E-state index in [1.54, 1.807) is 14.2 Å². The van der Waals surface area contributed by atoms with Crippen LogP contribution in [0.25, 0.3) is 0 Å². The van der Waals surface area contributed by atoms with Crippen LogP contribution >= 0.6 is 0 Å². The second kappa shape index (κ2) is 9.32. The van der Waals surface area contributed by atoms with Crippen LogP contribution in [0, 0.1) is 23.7 Å². The molecule has 2 amide bonds. The van der Waals surface area contributed by atoms with Gasteiger partial charge in [0.05, 0.1) is 25.0 Å². The molecule has 1 aromatic rings. The fourth-order valence-electron chi connectivity index (χ4n) is 5.31. The van der Waals surface area contributed by atoms with Crippen molar-refractivity contribution in [2.75, 3.05) is 47.9 Å². The highest BCUT2D eigenvalue weighted by Gasteiger charge is 2.58. The largest absolute Gasteiger partial charge is 0.497 e. The number of hydrogen-bond acceptors (Lipinski definition) is 5. The van der Waals surface area contributed by atoms with Crippen LogP contribution in [0.1, 0.15) is 18.0 Å². The van der Waals surface area contributed by atoms with Crippen molar-refractivity contribution in [3.05, 3.63) is 42.0 Å². The Morgan fingerprint density at radius 1 is 1.12 bits per heavy atom. The minimum absolute atomic E-state index is 0.00576. The number of allylic oxidation sites excluding steroid dienone is 2. The van der Waals surface area contributed by atoms with Gasteiger partial charge in [-0.1, -0.05) is 24.3 Å². The third-order valence-electron chi connectivity index (χ3n) is 7.00. The quantitative estimate of drug-likeness (QED) is 0.275. The summed E-state index contributed by atoms with van der Waals surface area (Å²) in [6, 6.07) is 8.18. The van der Waals surface area contributed by atoms with Gasteiger partial charge in [0.25, 0.3) is 0 Å². The summed E-state index contributed by atoms with van der Waals surface area (Å²) in [5, 5.41) is 6.60. The first-order valence-corrected chi connectivity index (χ1v) is 11.2. The fraction of sp³-hybridized carbons (Fsp3) is 0.542. The van der Waals surface area contributed by atoms with Crippen molar-refractivity contribution in [1.29, 1.82) is 0 Å². The molecule has 1 heterocycles. The van der Waals surface area contributed by atoms with Gasteiger partial charge < -0.3 is 20.3 Å². The normalized spacial score (nSPS) is 27.3. The minimum Gasteiger partial charge on any atom is -0.497 e. The third-order valence-corrected chi connectivity index (χ3v) is 7.00. The highest BCUT2D eigenvalue weighted by Crippen LogP contribution is 2.52. The molecular formula is C24H33N5O3. The summed E-state index contributed by atoms with van der Waals surface area (Å²) in [7, 11) is 7.45. The van der Waals surface area contributed by atoms with Crippen LogP contribution in [-0.2, 0) is 9.59 Å². The lowest BCUT2D eigenvalue weighted by molar-refractivity contribution is -0.140. The Hall–Kier alpha value is -2.87. The van der Waals surface area contributed by atoms with E-state index >= 15 is 0 Å². The van der Waals surface area contributed by atoms with Gasteiger partial charge in [-0.3, -0.25) is 19.5 Å². The molecule has 1 aliphatic heterocycles. The van der Waals surface area contributed by atoms with Crippen molar-refractivity contribution >= 4 is 17.8 Å². The zero-order valence-electron chi connectivity index (χ0n) is 19.2. The van der Waals surface area contributed by atoms with Crippen molar-refractivity contribution < 1.29 is 14.3 Å². The lowest BCUT2D eigenvalue weighted by atomic mass is 9.85. The van der Waals surface area contributed by atoms with Gasteiger partial charge in [0.15, 0.2) is 5.96 Å². The Morgan fingerprint density at radius 3 is 2.28 bits per heavy atom. The highest BCUT2D eigenvalue weighted by molar-refractivity contribution is 6.06. The van der Waals surface area contributed by atoms with Gasteiger partial charge >= 0.3 is 0 Å². The van der Waals surface area contributed by atoms with Crippen molar-refractivity contribution in [2.24, 2.45) is 28.7 Å². The van der Waals surface area contributed by atoms with Crippen LogP contribution in [0.2, 0.25) is 0 Å². The fourth-order valence-corrected chi connectivity index (χ4v) is 5.31. The van der Waals surface area contributed by atoms with E-state index in [1.165, 1.54) is 10.5 Å². The number of benzene rings is 1. The van der Waals surface area contributed by atoms with Gasteiger partial charge in [-0.15, -0.1) is 0 Å². The molecule has 1 saturated carbocycles. The summed E-state index contributed by atoms with van der Waals surface area (Å²) in [6.45, 7) is 1.48. The Bertz CT molecular complexity index is 881. The first kappa shape index (κ1) is 22.3. The van der Waals surface area contributed by atoms with Crippen LogP contribution in [0.5, 0.6) is 5.75 Å². The van der Waals surface area contributed by atoms with Crippen molar-refractivity contribution in [2.45, 2.75) is 12.5 Å². The average molecular weight is 440 g/mol. The van der Waals surface area contributed by atoms with Gasteiger partial charge in [0, 0.05) is 26.7 Å². The molecule has 5 atom stereocenters. The number of nitrogens with one attached hydrogen (secondary N) is 2. The summed E-state index contributed by atoms with van der Waals surface area (Å²) in [5.41, 5.74) is 1.17. The number of ether oxygens (including phenoxy) is 1. The molecule has 0 spiro atoms. The number of amides is 2. The average Bonchev–Trinajstić information content (AvgIpc) is 3.48. The predicted octanol–water partition coefficient (Wildman–Crippen LogP) is 1.27. The van der Waals surface area contributed by atoms with E-state index in [-0.39, 0.29) is 41.5 Å². The molecule has 2 N–H and O–H groups in total. The maximum absolute atomic E-state index is 12.8. The molecule has 0 aromatic heterocycles. The molecule has 32 heavy (non-hydrogen) atoms. The predicted molar refractivity (Wildman–Crippen MR) is 123 cm³/mol. The van der Waals surface area contributed by atoms with E-state index in [0.717, 1.165) is 12.2 Å². The molecule has 3 aliphatic rings. The van der Waals surface area contributed by atoms with E-state index < -0.39 is 0 Å². The highest BCUT2D eigenvalue weighted by atomic mass is 16.5. The van der Waals surface area contributed by atoms with Gasteiger partial charge in [-0.25, -0.2) is 0 Å². The topological polar surface area (TPSA) is 86.3 Å². The molecule has 1 saturated heterocycles. The smallest absolute Gasteiger partial charge is 0.233 e. The molecule has 8 nitrogen and oxygen atoms in total. The number of likely N-dealkylation sites (N-methyl/N-ethyl adjacent to an activating group) is 1. The summed E-state index contributed by atoms with van der Waals surface area (Å²) in [4.78, 5) is 33.5. The molecule has 172 valence electrons. The number of rotatable bonds is 8. The number of hydrogen-bond donors (Lipinski definition) is 2. The molecule has 8 heteroatoms. The molecule has 0 radical (unpaired) electrons. The van der Waals surface area contributed by atoms with Gasteiger partial charge in [-0.2, -0.15) is 0 Å². The monoisotopic (exact) mass is 439 g/mol. The standard InChI is InChI=1S/C24H33N5O3/c1-25-24(27-14-19(28(2)3)15-7-9-18(32-4)10-8-15)26-11-12-29-22(30)20-16-5-6-17(13-16)21(20)23(29)31/h5-10,16-17,19-21H,11-14H2,1-4H3,(H2,25,26,27). The van der Waals surface area contributed by atoms with Crippen molar-refractivity contribution in [3.8, 4) is 5.75 Å². The molecule has 1 aromatic carbocycles. The number of carbonyl (C=O) groups is 2. The summed E-state index contributed by atoms with van der Waals surface area (Å²) in [6.07, 6.45) is 5.19. The van der Waals surface area contributed by atoms with E-state index in [9.17, 15) is 9.59 Å². The van der Waals surface area contributed by atoms with Crippen LogP contribution in [0.15, 0.2) is 41.4 Å². The van der Waals surface area contributed by atoms with Crippen molar-refractivity contribution in [3.63, 3.8) is 0 Å². The minimum atomic E-state index is -0.139. The first-order valence-electron chi connectivity index (χ1n) is 11.2. The lowest BCUT2D eigenvalue weighted by Gasteiger charge is -2.26. The van der Waals surface area contributed by atoms with Gasteiger partial charge in [0.1, 0.15) is 5.75 Å². The molecule has 5 unspecified atom stereocenters. The van der Waals surface area contributed by atoms with Gasteiger partial charge in [-0.05, 0) is 50.0 Å². The number of likely N-dealkylation sites (tertiary alicyclic amines) is 1. The maximum atomic E-state index is 12.8. The number of carbonyl (C=O) groups excluding carboxylic acids is 2. The number of aliphatic imine (C=N–C) groups is 1. The van der Waals surface area contributed by atoms with Crippen molar-refractivity contribution in [1.82, 2.24) is 20.4 Å². The first-order chi connectivity index (χ1) is 15.4. The third kappa shape index (κ3) is 4.11. The zero-order chi connectivity index (χ0) is 22.8. The molecule has 2 aliphatic carbocycles. The SMILES string of the molecule is CN=C(NCCN1C(=O)C2C3C=CC(C3)C2C1=O)NCC(c1ccc(OC)cc1)N(C)C. The maximum Gasteiger partial charge on any atom is 0.233 e. The summed E-state index contributed by atoms with van der Waals surface area (Å²) < 4.78 is 5.25.